The minimum Gasteiger partial charge on any atom is -0.350 e. The molecule has 0 spiro atoms. The fourth-order valence-corrected chi connectivity index (χ4v) is 3.82. The van der Waals surface area contributed by atoms with Crippen LogP contribution >= 0.6 is 0 Å². The Hall–Kier alpha value is -3.15. The van der Waals surface area contributed by atoms with E-state index in [0.29, 0.717) is 31.5 Å². The standard InChI is InChI=1S/C21H21N3O3/c25-19(22-13-15-7-3-1-4-8-15)18-12-11-17-14-23(18)21(27)24(17)20(26)16-9-5-2-6-10-16/h1-10,17-18H,11-14H2,(H,22,25)/t17-,18?/m1/s1. The Bertz CT molecular complexity index is 853. The number of hydrogen-bond acceptors (Lipinski definition) is 3. The van der Waals surface area contributed by atoms with Gasteiger partial charge in [0.05, 0.1) is 6.04 Å². The number of nitrogens with zero attached hydrogens (tertiary/aromatic N) is 2. The Labute approximate surface area is 157 Å². The summed E-state index contributed by atoms with van der Waals surface area (Å²) >= 11 is 0. The van der Waals surface area contributed by atoms with Crippen molar-refractivity contribution in [2.75, 3.05) is 6.54 Å². The molecule has 0 aromatic heterocycles. The number of fused-ring (bicyclic) bond motifs is 2. The highest BCUT2D eigenvalue weighted by Gasteiger charge is 2.49. The minimum atomic E-state index is -0.522. The highest BCUT2D eigenvalue weighted by atomic mass is 16.2. The van der Waals surface area contributed by atoms with Crippen LogP contribution in [0.5, 0.6) is 0 Å². The van der Waals surface area contributed by atoms with Crippen LogP contribution in [0.25, 0.3) is 0 Å². The van der Waals surface area contributed by atoms with Crippen molar-refractivity contribution in [1.29, 1.82) is 0 Å². The van der Waals surface area contributed by atoms with Crippen LogP contribution < -0.4 is 5.32 Å². The quantitative estimate of drug-likeness (QED) is 0.907. The molecule has 2 aliphatic rings. The van der Waals surface area contributed by atoms with Gasteiger partial charge in [0.15, 0.2) is 0 Å². The summed E-state index contributed by atoms with van der Waals surface area (Å²) in [6, 6.07) is 17.4. The second-order valence-electron chi connectivity index (χ2n) is 6.93. The molecule has 2 aromatic rings. The van der Waals surface area contributed by atoms with Gasteiger partial charge in [-0.1, -0.05) is 48.5 Å². The summed E-state index contributed by atoms with van der Waals surface area (Å²) in [5, 5.41) is 2.91. The van der Waals surface area contributed by atoms with E-state index in [1.165, 1.54) is 9.80 Å². The van der Waals surface area contributed by atoms with Crippen molar-refractivity contribution in [1.82, 2.24) is 15.1 Å². The van der Waals surface area contributed by atoms with Crippen molar-refractivity contribution in [2.24, 2.45) is 0 Å². The summed E-state index contributed by atoms with van der Waals surface area (Å²) in [4.78, 5) is 41.1. The van der Waals surface area contributed by atoms with Crippen LogP contribution in [0.2, 0.25) is 0 Å². The summed E-state index contributed by atoms with van der Waals surface area (Å²) in [6.07, 6.45) is 1.21. The molecule has 2 aromatic carbocycles. The predicted molar refractivity (Wildman–Crippen MR) is 99.8 cm³/mol. The van der Waals surface area contributed by atoms with E-state index in [0.717, 1.165) is 5.56 Å². The van der Waals surface area contributed by atoms with Crippen LogP contribution in [0.15, 0.2) is 60.7 Å². The molecule has 138 valence electrons. The smallest absolute Gasteiger partial charge is 0.328 e. The van der Waals surface area contributed by atoms with Crippen LogP contribution in [-0.4, -0.2) is 46.3 Å². The number of carbonyl (C=O) groups is 3. The molecular weight excluding hydrogens is 342 g/mol. The highest BCUT2D eigenvalue weighted by molar-refractivity contribution is 6.06. The largest absolute Gasteiger partial charge is 0.350 e. The number of carbonyl (C=O) groups excluding carboxylic acids is 3. The Morgan fingerprint density at radius 2 is 1.63 bits per heavy atom. The third-order valence-corrected chi connectivity index (χ3v) is 5.23. The number of imide groups is 1. The topological polar surface area (TPSA) is 69.7 Å². The molecule has 2 bridgehead atoms. The first-order chi connectivity index (χ1) is 13.1. The fraction of sp³-hybridized carbons (Fsp3) is 0.286. The Morgan fingerprint density at radius 1 is 0.963 bits per heavy atom. The number of hydrogen-bond donors (Lipinski definition) is 1. The van der Waals surface area contributed by atoms with Crippen LogP contribution in [0.1, 0.15) is 28.8 Å². The zero-order valence-electron chi connectivity index (χ0n) is 14.9. The van der Waals surface area contributed by atoms with E-state index in [2.05, 4.69) is 5.32 Å². The molecule has 0 aliphatic carbocycles. The van der Waals surface area contributed by atoms with Crippen molar-refractivity contribution in [3.8, 4) is 0 Å². The van der Waals surface area contributed by atoms with Crippen LogP contribution in [0, 0.1) is 0 Å². The normalized spacial score (nSPS) is 21.3. The average molecular weight is 363 g/mol. The fourth-order valence-electron chi connectivity index (χ4n) is 3.82. The summed E-state index contributed by atoms with van der Waals surface area (Å²) in [6.45, 7) is 0.842. The molecule has 6 nitrogen and oxygen atoms in total. The number of nitrogens with one attached hydrogen (secondary N) is 1. The first kappa shape index (κ1) is 17.3. The van der Waals surface area contributed by atoms with E-state index < -0.39 is 6.04 Å². The molecule has 2 fully saturated rings. The minimum absolute atomic E-state index is 0.164. The molecule has 4 rings (SSSR count). The monoisotopic (exact) mass is 363 g/mol. The lowest BCUT2D eigenvalue weighted by Gasteiger charge is -2.29. The van der Waals surface area contributed by atoms with E-state index in [1.54, 1.807) is 24.3 Å². The van der Waals surface area contributed by atoms with E-state index in [4.69, 9.17) is 0 Å². The predicted octanol–water partition coefficient (Wildman–Crippen LogP) is 2.41. The van der Waals surface area contributed by atoms with E-state index in [1.807, 2.05) is 36.4 Å². The first-order valence-electron chi connectivity index (χ1n) is 9.16. The Kier molecular flexibility index (Phi) is 4.62. The summed E-state index contributed by atoms with van der Waals surface area (Å²) in [7, 11) is 0. The number of amides is 4. The number of piperidine rings is 1. The van der Waals surface area contributed by atoms with Crippen LogP contribution in [0.4, 0.5) is 4.79 Å². The molecule has 2 aliphatic heterocycles. The second-order valence-corrected chi connectivity index (χ2v) is 6.93. The lowest BCUT2D eigenvalue weighted by Crippen LogP contribution is -2.49. The van der Waals surface area contributed by atoms with Gasteiger partial charge in [0.2, 0.25) is 5.91 Å². The van der Waals surface area contributed by atoms with E-state index in [-0.39, 0.29) is 23.9 Å². The lowest BCUT2D eigenvalue weighted by molar-refractivity contribution is -0.126. The third-order valence-electron chi connectivity index (χ3n) is 5.23. The molecule has 2 saturated heterocycles. The maximum absolute atomic E-state index is 12.8. The molecule has 6 heteroatoms. The van der Waals surface area contributed by atoms with Crippen molar-refractivity contribution in [2.45, 2.75) is 31.5 Å². The third kappa shape index (κ3) is 3.30. The molecule has 27 heavy (non-hydrogen) atoms. The number of urea groups is 1. The SMILES string of the molecule is O=C(NCc1ccccc1)C1CC[C@@H]2CN1C(=O)N2C(=O)c1ccccc1. The molecule has 4 amide bonds. The second kappa shape index (κ2) is 7.23. The Balaban J connectivity index is 1.44. The molecule has 1 unspecified atom stereocenters. The maximum Gasteiger partial charge on any atom is 0.328 e. The van der Waals surface area contributed by atoms with Crippen molar-refractivity contribution >= 4 is 17.8 Å². The number of rotatable bonds is 4. The maximum atomic E-state index is 12.8. The van der Waals surface area contributed by atoms with Crippen molar-refractivity contribution < 1.29 is 14.4 Å². The van der Waals surface area contributed by atoms with Gasteiger partial charge in [0, 0.05) is 18.7 Å². The van der Waals surface area contributed by atoms with Gasteiger partial charge in [-0.2, -0.15) is 0 Å². The van der Waals surface area contributed by atoms with E-state index >= 15 is 0 Å². The van der Waals surface area contributed by atoms with Gasteiger partial charge < -0.3 is 10.2 Å². The highest BCUT2D eigenvalue weighted by Crippen LogP contribution is 2.31. The first-order valence-corrected chi connectivity index (χ1v) is 9.16. The van der Waals surface area contributed by atoms with Crippen molar-refractivity contribution in [3.05, 3.63) is 71.8 Å². The molecule has 2 atom stereocenters. The molecule has 1 N–H and O–H groups in total. The summed E-state index contributed by atoms with van der Waals surface area (Å²) in [5.74, 6) is -0.460. The van der Waals surface area contributed by atoms with Crippen LogP contribution in [0.3, 0.4) is 0 Å². The number of benzene rings is 2. The summed E-state index contributed by atoms with van der Waals surface area (Å²) < 4.78 is 0. The average Bonchev–Trinajstić information content (AvgIpc) is 2.97. The van der Waals surface area contributed by atoms with Gasteiger partial charge in [0.1, 0.15) is 6.04 Å². The van der Waals surface area contributed by atoms with E-state index in [9.17, 15) is 14.4 Å². The lowest BCUT2D eigenvalue weighted by atomic mass is 9.99. The van der Waals surface area contributed by atoms with Crippen molar-refractivity contribution in [3.63, 3.8) is 0 Å². The van der Waals surface area contributed by atoms with Gasteiger partial charge in [-0.15, -0.1) is 0 Å². The van der Waals surface area contributed by atoms with Gasteiger partial charge in [-0.3, -0.25) is 14.5 Å². The van der Waals surface area contributed by atoms with Crippen LogP contribution in [-0.2, 0) is 11.3 Å². The molecular formula is C21H21N3O3. The van der Waals surface area contributed by atoms with Gasteiger partial charge in [-0.05, 0) is 30.5 Å². The molecule has 0 radical (unpaired) electrons. The summed E-state index contributed by atoms with van der Waals surface area (Å²) in [5.41, 5.74) is 1.50. The van der Waals surface area contributed by atoms with Gasteiger partial charge >= 0.3 is 6.03 Å². The zero-order valence-corrected chi connectivity index (χ0v) is 14.9. The molecule has 0 saturated carbocycles. The van der Waals surface area contributed by atoms with Gasteiger partial charge in [0.25, 0.3) is 5.91 Å². The zero-order chi connectivity index (χ0) is 18.8. The molecule has 2 heterocycles. The Morgan fingerprint density at radius 3 is 2.33 bits per heavy atom. The van der Waals surface area contributed by atoms with Gasteiger partial charge in [-0.25, -0.2) is 4.79 Å².